The number of hydrogen-bond acceptors (Lipinski definition) is 5. The molecule has 0 bridgehead atoms. The highest BCUT2D eigenvalue weighted by Gasteiger charge is 2.09. The summed E-state index contributed by atoms with van der Waals surface area (Å²) in [5, 5.41) is 9.02. The van der Waals surface area contributed by atoms with Crippen molar-refractivity contribution in [1.29, 1.82) is 0 Å². The van der Waals surface area contributed by atoms with Gasteiger partial charge in [0.15, 0.2) is 5.16 Å². The molecule has 0 aliphatic carbocycles. The summed E-state index contributed by atoms with van der Waals surface area (Å²) in [6, 6.07) is 5.16. The van der Waals surface area contributed by atoms with E-state index in [4.69, 9.17) is 5.73 Å². The van der Waals surface area contributed by atoms with Crippen LogP contribution in [0.2, 0.25) is 0 Å². The van der Waals surface area contributed by atoms with Gasteiger partial charge in [-0.25, -0.2) is 0 Å². The van der Waals surface area contributed by atoms with Gasteiger partial charge in [0.1, 0.15) is 5.82 Å². The maximum absolute atomic E-state index is 11.5. The fourth-order valence-electron chi connectivity index (χ4n) is 1.78. The zero-order chi connectivity index (χ0) is 13.7. The zero-order valence-corrected chi connectivity index (χ0v) is 11.6. The average Bonchev–Trinajstić information content (AvgIpc) is 2.83. The highest BCUT2D eigenvalue weighted by atomic mass is 32.2. The predicted molar refractivity (Wildman–Crippen MR) is 75.0 cm³/mol. The van der Waals surface area contributed by atoms with Crippen LogP contribution in [0.1, 0.15) is 12.7 Å². The van der Waals surface area contributed by atoms with Gasteiger partial charge in [-0.2, -0.15) is 0 Å². The lowest BCUT2D eigenvalue weighted by molar-refractivity contribution is 0.641. The van der Waals surface area contributed by atoms with Gasteiger partial charge in [0.25, 0.3) is 5.56 Å². The van der Waals surface area contributed by atoms with E-state index in [1.807, 2.05) is 17.6 Å². The van der Waals surface area contributed by atoms with Gasteiger partial charge in [0.2, 0.25) is 0 Å². The second-order valence-corrected chi connectivity index (χ2v) is 4.99. The van der Waals surface area contributed by atoms with E-state index < -0.39 is 0 Å². The Kier molecular flexibility index (Phi) is 4.75. The van der Waals surface area contributed by atoms with Crippen LogP contribution in [0.4, 0.5) is 0 Å². The summed E-state index contributed by atoms with van der Waals surface area (Å²) >= 11 is 1.59. The number of nitrogens with two attached hydrogens (primary N) is 1. The molecule has 2 heterocycles. The van der Waals surface area contributed by atoms with Gasteiger partial charge in [-0.3, -0.25) is 4.79 Å². The highest BCUT2D eigenvalue weighted by Crippen LogP contribution is 2.16. The fourth-order valence-corrected chi connectivity index (χ4v) is 2.73. The summed E-state index contributed by atoms with van der Waals surface area (Å²) < 4.78 is 3.68. The summed E-state index contributed by atoms with van der Waals surface area (Å²) in [5.41, 5.74) is 5.62. The van der Waals surface area contributed by atoms with Gasteiger partial charge in [-0.1, -0.05) is 17.8 Å². The Morgan fingerprint density at radius 1 is 1.37 bits per heavy atom. The SMILES string of the molecule is CCn1c(CN)nnc1SCCn1ccccc1=O. The number of nitrogens with zero attached hydrogens (tertiary/aromatic N) is 4. The third-order valence-electron chi connectivity index (χ3n) is 2.75. The van der Waals surface area contributed by atoms with E-state index in [9.17, 15) is 4.79 Å². The van der Waals surface area contributed by atoms with Crippen molar-refractivity contribution in [3.63, 3.8) is 0 Å². The molecule has 102 valence electrons. The van der Waals surface area contributed by atoms with E-state index in [2.05, 4.69) is 10.2 Å². The average molecular weight is 279 g/mol. The first-order chi connectivity index (χ1) is 9.26. The summed E-state index contributed by atoms with van der Waals surface area (Å²) in [6.45, 7) is 3.87. The standard InChI is InChI=1S/C12H17N5OS/c1-2-17-10(9-13)14-15-12(17)19-8-7-16-6-4-3-5-11(16)18/h3-6H,2,7-9,13H2,1H3. The Hall–Kier alpha value is -1.60. The topological polar surface area (TPSA) is 78.7 Å². The lowest BCUT2D eigenvalue weighted by Crippen LogP contribution is -2.18. The van der Waals surface area contributed by atoms with Gasteiger partial charge in [-0.15, -0.1) is 10.2 Å². The van der Waals surface area contributed by atoms with E-state index in [1.165, 1.54) is 0 Å². The van der Waals surface area contributed by atoms with Crippen LogP contribution >= 0.6 is 11.8 Å². The Labute approximate surface area is 115 Å². The third-order valence-corrected chi connectivity index (χ3v) is 3.70. The minimum atomic E-state index is 0.0164. The van der Waals surface area contributed by atoms with Crippen LogP contribution in [-0.4, -0.2) is 25.1 Å². The van der Waals surface area contributed by atoms with E-state index in [0.29, 0.717) is 13.1 Å². The van der Waals surface area contributed by atoms with Crippen molar-refractivity contribution >= 4 is 11.8 Å². The predicted octanol–water partition coefficient (Wildman–Crippen LogP) is 0.711. The van der Waals surface area contributed by atoms with Crippen LogP contribution in [0.3, 0.4) is 0 Å². The quantitative estimate of drug-likeness (QED) is 0.788. The molecule has 0 amide bonds. The van der Waals surface area contributed by atoms with Crippen molar-refractivity contribution in [3.05, 3.63) is 40.6 Å². The first kappa shape index (κ1) is 13.8. The minimum absolute atomic E-state index is 0.0164. The van der Waals surface area contributed by atoms with Gasteiger partial charge in [0.05, 0.1) is 6.54 Å². The van der Waals surface area contributed by atoms with E-state index in [1.54, 1.807) is 34.7 Å². The first-order valence-corrected chi connectivity index (χ1v) is 7.15. The molecule has 6 nitrogen and oxygen atoms in total. The summed E-state index contributed by atoms with van der Waals surface area (Å²) in [6.07, 6.45) is 1.79. The normalized spacial score (nSPS) is 10.8. The molecule has 0 unspecified atom stereocenters. The Morgan fingerprint density at radius 3 is 2.89 bits per heavy atom. The Morgan fingerprint density at radius 2 is 2.21 bits per heavy atom. The summed E-state index contributed by atoms with van der Waals surface area (Å²) in [4.78, 5) is 11.5. The van der Waals surface area contributed by atoms with E-state index in [0.717, 1.165) is 23.3 Å². The second-order valence-electron chi connectivity index (χ2n) is 3.93. The second kappa shape index (κ2) is 6.53. The molecule has 0 atom stereocenters. The molecular weight excluding hydrogens is 262 g/mol. The van der Waals surface area contributed by atoms with Crippen LogP contribution in [0.25, 0.3) is 0 Å². The van der Waals surface area contributed by atoms with E-state index >= 15 is 0 Å². The van der Waals surface area contributed by atoms with Crippen LogP contribution < -0.4 is 11.3 Å². The molecule has 7 heteroatoms. The largest absolute Gasteiger partial charge is 0.324 e. The summed E-state index contributed by atoms with van der Waals surface area (Å²) in [7, 11) is 0. The molecule has 19 heavy (non-hydrogen) atoms. The van der Waals surface area contributed by atoms with Crippen LogP contribution in [0.15, 0.2) is 34.3 Å². The molecule has 0 aromatic carbocycles. The molecule has 2 aromatic heterocycles. The molecular formula is C12H17N5OS. The lowest BCUT2D eigenvalue weighted by Gasteiger charge is -2.06. The van der Waals surface area contributed by atoms with Crippen molar-refractivity contribution in [2.45, 2.75) is 31.7 Å². The number of hydrogen-bond donors (Lipinski definition) is 1. The van der Waals surface area contributed by atoms with Crippen LogP contribution in [0.5, 0.6) is 0 Å². The van der Waals surface area contributed by atoms with Gasteiger partial charge < -0.3 is 14.9 Å². The van der Waals surface area contributed by atoms with Gasteiger partial charge in [-0.05, 0) is 13.0 Å². The molecule has 0 saturated carbocycles. The Bertz CT molecular complexity index is 592. The van der Waals surface area contributed by atoms with Crippen molar-refractivity contribution in [1.82, 2.24) is 19.3 Å². The molecule has 0 spiro atoms. The van der Waals surface area contributed by atoms with E-state index in [-0.39, 0.29) is 5.56 Å². The minimum Gasteiger partial charge on any atom is -0.324 e. The molecule has 0 fully saturated rings. The first-order valence-electron chi connectivity index (χ1n) is 6.16. The van der Waals surface area contributed by atoms with Crippen LogP contribution in [0, 0.1) is 0 Å². The highest BCUT2D eigenvalue weighted by molar-refractivity contribution is 7.99. The van der Waals surface area contributed by atoms with Crippen LogP contribution in [-0.2, 0) is 19.6 Å². The number of aromatic nitrogens is 4. The number of pyridine rings is 1. The maximum Gasteiger partial charge on any atom is 0.250 e. The molecule has 0 radical (unpaired) electrons. The lowest BCUT2D eigenvalue weighted by atomic mass is 10.5. The zero-order valence-electron chi connectivity index (χ0n) is 10.8. The molecule has 0 aliphatic rings. The monoisotopic (exact) mass is 279 g/mol. The van der Waals surface area contributed by atoms with Gasteiger partial charge in [0, 0.05) is 31.1 Å². The molecule has 0 saturated heterocycles. The maximum atomic E-state index is 11.5. The molecule has 0 aliphatic heterocycles. The molecule has 2 rings (SSSR count). The van der Waals surface area contributed by atoms with Crippen molar-refractivity contribution in [2.24, 2.45) is 5.73 Å². The number of thioether (sulfide) groups is 1. The fraction of sp³-hybridized carbons (Fsp3) is 0.417. The third kappa shape index (κ3) is 3.24. The van der Waals surface area contributed by atoms with Crippen molar-refractivity contribution in [3.8, 4) is 0 Å². The summed E-state index contributed by atoms with van der Waals surface area (Å²) in [5.74, 6) is 1.56. The Balaban J connectivity index is 1.98. The van der Waals surface area contributed by atoms with Crippen molar-refractivity contribution in [2.75, 3.05) is 5.75 Å². The molecule has 2 aromatic rings. The number of rotatable bonds is 6. The molecule has 2 N–H and O–H groups in total. The number of aryl methyl sites for hydroxylation is 1. The smallest absolute Gasteiger partial charge is 0.250 e. The van der Waals surface area contributed by atoms with Crippen molar-refractivity contribution < 1.29 is 0 Å². The van der Waals surface area contributed by atoms with Gasteiger partial charge >= 0.3 is 0 Å².